The number of halogens is 1. The fraction of sp³-hybridized carbons (Fsp3) is 0.0833. The molecule has 0 saturated carbocycles. The number of nitrogens with one attached hydrogen (secondary N) is 1. The van der Waals surface area contributed by atoms with Crippen molar-refractivity contribution < 1.29 is 14.0 Å². The first kappa shape index (κ1) is 18.6. The van der Waals surface area contributed by atoms with Crippen molar-refractivity contribution in [1.29, 1.82) is 0 Å². The van der Waals surface area contributed by atoms with E-state index in [0.29, 0.717) is 16.9 Å². The highest BCUT2D eigenvalue weighted by molar-refractivity contribution is 6.46. The van der Waals surface area contributed by atoms with Gasteiger partial charge >= 0.3 is 0 Å². The van der Waals surface area contributed by atoms with Crippen LogP contribution in [0.15, 0.2) is 78.5 Å². The van der Waals surface area contributed by atoms with Gasteiger partial charge in [0.25, 0.3) is 11.8 Å². The number of carbonyl (C=O) groups excluding carboxylic acids is 2. The molecule has 1 aliphatic rings. The number of nitrogens with zero attached hydrogens (tertiary/aromatic N) is 1. The standard InChI is InChI=1S/C24H19FN2O2/c1-15-6-10-17(11-7-15)21-22(26-19-5-3-4-18(25)14-19)24(29)27(23(21)28)20-12-8-16(2)9-13-20/h3-14,26H,1-2H3. The number of hydrogen-bond donors (Lipinski definition) is 1. The molecular formula is C24H19FN2O2. The van der Waals surface area contributed by atoms with Crippen molar-refractivity contribution in [1.82, 2.24) is 0 Å². The summed E-state index contributed by atoms with van der Waals surface area (Å²) in [4.78, 5) is 27.7. The average Bonchev–Trinajstić information content (AvgIpc) is 2.93. The van der Waals surface area contributed by atoms with Gasteiger partial charge in [0.15, 0.2) is 0 Å². The van der Waals surface area contributed by atoms with Crippen LogP contribution >= 0.6 is 0 Å². The molecule has 0 saturated heterocycles. The molecule has 0 fully saturated rings. The molecule has 2 amide bonds. The van der Waals surface area contributed by atoms with Crippen LogP contribution in [0.3, 0.4) is 0 Å². The zero-order valence-corrected chi connectivity index (χ0v) is 16.1. The zero-order valence-electron chi connectivity index (χ0n) is 16.1. The highest BCUT2D eigenvalue weighted by Gasteiger charge is 2.40. The summed E-state index contributed by atoms with van der Waals surface area (Å²) in [7, 11) is 0. The third-order valence-electron chi connectivity index (χ3n) is 4.81. The third kappa shape index (κ3) is 3.55. The second-order valence-electron chi connectivity index (χ2n) is 7.03. The molecule has 29 heavy (non-hydrogen) atoms. The Kier molecular flexibility index (Phi) is 4.72. The Morgan fingerprint density at radius 2 is 1.41 bits per heavy atom. The van der Waals surface area contributed by atoms with Gasteiger partial charge in [-0.3, -0.25) is 9.59 Å². The molecule has 0 aromatic heterocycles. The van der Waals surface area contributed by atoms with Gasteiger partial charge in [-0.2, -0.15) is 0 Å². The Bertz CT molecular complexity index is 1130. The summed E-state index contributed by atoms with van der Waals surface area (Å²) in [6.07, 6.45) is 0. The van der Waals surface area contributed by atoms with E-state index in [0.717, 1.165) is 16.0 Å². The van der Waals surface area contributed by atoms with Crippen LogP contribution in [0.25, 0.3) is 5.57 Å². The molecule has 1 aliphatic heterocycles. The number of carbonyl (C=O) groups is 2. The highest BCUT2D eigenvalue weighted by atomic mass is 19.1. The van der Waals surface area contributed by atoms with E-state index in [4.69, 9.17) is 0 Å². The van der Waals surface area contributed by atoms with E-state index in [2.05, 4.69) is 5.32 Å². The lowest BCUT2D eigenvalue weighted by Gasteiger charge is -2.15. The van der Waals surface area contributed by atoms with Gasteiger partial charge in [-0.25, -0.2) is 9.29 Å². The zero-order chi connectivity index (χ0) is 20.5. The average molecular weight is 386 g/mol. The van der Waals surface area contributed by atoms with Gasteiger partial charge in [-0.05, 0) is 49.7 Å². The van der Waals surface area contributed by atoms with E-state index in [9.17, 15) is 14.0 Å². The van der Waals surface area contributed by atoms with Crippen LogP contribution < -0.4 is 10.2 Å². The number of hydrogen-bond acceptors (Lipinski definition) is 3. The van der Waals surface area contributed by atoms with Crippen molar-refractivity contribution in [2.45, 2.75) is 13.8 Å². The quantitative estimate of drug-likeness (QED) is 0.653. The summed E-state index contributed by atoms with van der Waals surface area (Å²) in [6.45, 7) is 3.88. The van der Waals surface area contributed by atoms with E-state index in [-0.39, 0.29) is 11.3 Å². The normalized spacial score (nSPS) is 14.0. The maximum absolute atomic E-state index is 13.6. The molecule has 0 unspecified atom stereocenters. The predicted octanol–water partition coefficient (Wildman–Crippen LogP) is 4.84. The van der Waals surface area contributed by atoms with Gasteiger partial charge in [0.2, 0.25) is 0 Å². The fourth-order valence-corrected chi connectivity index (χ4v) is 3.27. The number of rotatable bonds is 4. The smallest absolute Gasteiger partial charge is 0.282 e. The summed E-state index contributed by atoms with van der Waals surface area (Å²) >= 11 is 0. The van der Waals surface area contributed by atoms with E-state index in [1.165, 1.54) is 12.1 Å². The van der Waals surface area contributed by atoms with Crippen LogP contribution in [0.4, 0.5) is 15.8 Å². The molecule has 5 heteroatoms. The number of anilines is 2. The van der Waals surface area contributed by atoms with Crippen LogP contribution in [0.2, 0.25) is 0 Å². The molecule has 144 valence electrons. The second-order valence-corrected chi connectivity index (χ2v) is 7.03. The first-order chi connectivity index (χ1) is 13.9. The topological polar surface area (TPSA) is 49.4 Å². The van der Waals surface area contributed by atoms with Crippen LogP contribution in [-0.2, 0) is 9.59 Å². The Labute approximate surface area is 168 Å². The molecule has 0 bridgehead atoms. The first-order valence-electron chi connectivity index (χ1n) is 9.23. The number of benzene rings is 3. The molecule has 1 heterocycles. The minimum absolute atomic E-state index is 0.130. The lowest BCUT2D eigenvalue weighted by atomic mass is 10.0. The van der Waals surface area contributed by atoms with Crippen molar-refractivity contribution in [3.05, 3.63) is 101 Å². The lowest BCUT2D eigenvalue weighted by molar-refractivity contribution is -0.120. The van der Waals surface area contributed by atoms with E-state index in [1.54, 1.807) is 24.3 Å². The van der Waals surface area contributed by atoms with Gasteiger partial charge in [0, 0.05) is 5.69 Å². The molecule has 0 atom stereocenters. The molecule has 0 aliphatic carbocycles. The molecule has 4 nitrogen and oxygen atoms in total. The molecule has 4 rings (SSSR count). The molecular weight excluding hydrogens is 367 g/mol. The fourth-order valence-electron chi connectivity index (χ4n) is 3.27. The Morgan fingerprint density at radius 3 is 2.03 bits per heavy atom. The van der Waals surface area contributed by atoms with Crippen molar-refractivity contribution in [2.75, 3.05) is 10.2 Å². The Hall–Kier alpha value is -3.73. The first-order valence-corrected chi connectivity index (χ1v) is 9.23. The van der Waals surface area contributed by atoms with E-state index < -0.39 is 17.6 Å². The monoisotopic (exact) mass is 386 g/mol. The van der Waals surface area contributed by atoms with Crippen LogP contribution in [0.1, 0.15) is 16.7 Å². The summed E-state index contributed by atoms with van der Waals surface area (Å²) in [5, 5.41) is 2.96. The molecule has 1 N–H and O–H groups in total. The van der Waals surface area contributed by atoms with Gasteiger partial charge in [-0.15, -0.1) is 0 Å². The van der Waals surface area contributed by atoms with E-state index in [1.807, 2.05) is 50.2 Å². The van der Waals surface area contributed by atoms with Crippen molar-refractivity contribution in [3.8, 4) is 0 Å². The van der Waals surface area contributed by atoms with Crippen LogP contribution in [0, 0.1) is 19.7 Å². The maximum atomic E-state index is 13.6. The van der Waals surface area contributed by atoms with Gasteiger partial charge in [0.05, 0.1) is 11.3 Å². The minimum Gasteiger partial charge on any atom is -0.350 e. The second kappa shape index (κ2) is 7.36. The number of aryl methyl sites for hydroxylation is 2. The SMILES string of the molecule is Cc1ccc(C2=C(Nc3cccc(F)c3)C(=O)N(c3ccc(C)cc3)C2=O)cc1. The molecule has 0 spiro atoms. The molecule has 3 aromatic rings. The maximum Gasteiger partial charge on any atom is 0.282 e. The largest absolute Gasteiger partial charge is 0.350 e. The summed E-state index contributed by atoms with van der Waals surface area (Å²) < 4.78 is 13.6. The lowest BCUT2D eigenvalue weighted by Crippen LogP contribution is -2.32. The van der Waals surface area contributed by atoms with Gasteiger partial charge in [-0.1, -0.05) is 53.6 Å². The Balaban J connectivity index is 1.82. The molecule has 0 radical (unpaired) electrons. The summed E-state index contributed by atoms with van der Waals surface area (Å²) in [5.74, 6) is -1.32. The molecule has 3 aromatic carbocycles. The number of amides is 2. The van der Waals surface area contributed by atoms with Gasteiger partial charge in [0.1, 0.15) is 11.5 Å². The summed E-state index contributed by atoms with van der Waals surface area (Å²) in [6, 6.07) is 20.3. The van der Waals surface area contributed by atoms with Crippen molar-refractivity contribution in [2.24, 2.45) is 0 Å². The van der Waals surface area contributed by atoms with Crippen molar-refractivity contribution in [3.63, 3.8) is 0 Å². The third-order valence-corrected chi connectivity index (χ3v) is 4.81. The predicted molar refractivity (Wildman–Crippen MR) is 112 cm³/mol. The van der Waals surface area contributed by atoms with Gasteiger partial charge < -0.3 is 5.32 Å². The van der Waals surface area contributed by atoms with E-state index >= 15 is 0 Å². The van der Waals surface area contributed by atoms with Crippen LogP contribution in [-0.4, -0.2) is 11.8 Å². The highest BCUT2D eigenvalue weighted by Crippen LogP contribution is 2.34. The van der Waals surface area contributed by atoms with Crippen molar-refractivity contribution >= 4 is 28.8 Å². The van der Waals surface area contributed by atoms with Crippen LogP contribution in [0.5, 0.6) is 0 Å². The number of imide groups is 1. The minimum atomic E-state index is -0.473. The summed E-state index contributed by atoms with van der Waals surface area (Å²) in [5.41, 5.74) is 3.98. The Morgan fingerprint density at radius 1 is 0.793 bits per heavy atom.